The summed E-state index contributed by atoms with van der Waals surface area (Å²) in [5.74, 6) is -0.410. The van der Waals surface area contributed by atoms with Crippen LogP contribution in [0, 0.1) is 0 Å². The first-order valence-electron chi connectivity index (χ1n) is 10.8. The maximum atomic E-state index is 13.0. The second-order valence-corrected chi connectivity index (χ2v) is 9.87. The zero-order chi connectivity index (χ0) is 25.9. The summed E-state index contributed by atoms with van der Waals surface area (Å²) in [6.07, 6.45) is -4.13. The number of rotatable bonds is 7. The van der Waals surface area contributed by atoms with E-state index in [1.165, 1.54) is 18.2 Å². The zero-order valence-corrected chi connectivity index (χ0v) is 21.3. The van der Waals surface area contributed by atoms with E-state index in [4.69, 9.17) is 14.0 Å². The van der Waals surface area contributed by atoms with E-state index in [-0.39, 0.29) is 18.7 Å². The first-order chi connectivity index (χ1) is 16.3. The lowest BCUT2D eigenvalue weighted by Crippen LogP contribution is -2.41. The normalized spacial score (nSPS) is 17.3. The number of carbonyl (C=O) groups is 1. The molecule has 0 aromatic heterocycles. The van der Waals surface area contributed by atoms with Crippen LogP contribution in [-0.2, 0) is 20.7 Å². The van der Waals surface area contributed by atoms with Crippen molar-refractivity contribution >= 4 is 35.2 Å². The third kappa shape index (κ3) is 7.49. The Morgan fingerprint density at radius 2 is 1.71 bits per heavy atom. The molecule has 0 atom stereocenters. The maximum Gasteiger partial charge on any atom is 0.573 e. The first kappa shape index (κ1) is 27.1. The van der Waals surface area contributed by atoms with Crippen molar-refractivity contribution in [1.29, 1.82) is 0 Å². The summed E-state index contributed by atoms with van der Waals surface area (Å²) in [5.41, 5.74) is -0.0666. The maximum absolute atomic E-state index is 13.0. The minimum absolute atomic E-state index is 0.0680. The molecule has 2 aromatic carbocycles. The van der Waals surface area contributed by atoms with Crippen LogP contribution in [0.3, 0.4) is 0 Å². The minimum atomic E-state index is -4.88. The van der Waals surface area contributed by atoms with E-state index >= 15 is 0 Å². The van der Waals surface area contributed by atoms with Gasteiger partial charge in [0.05, 0.1) is 11.2 Å². The summed E-state index contributed by atoms with van der Waals surface area (Å²) in [6.45, 7) is 7.38. The predicted molar refractivity (Wildman–Crippen MR) is 130 cm³/mol. The van der Waals surface area contributed by atoms with Crippen LogP contribution in [0.5, 0.6) is 5.75 Å². The summed E-state index contributed by atoms with van der Waals surface area (Å²) in [5, 5.41) is 2.62. The number of hydrogen-bond donors (Lipinski definition) is 1. The second kappa shape index (κ2) is 10.6. The Morgan fingerprint density at radius 1 is 1.09 bits per heavy atom. The summed E-state index contributed by atoms with van der Waals surface area (Å²) < 4.78 is 61.0. The van der Waals surface area contributed by atoms with Gasteiger partial charge >= 0.3 is 19.6 Å². The largest absolute Gasteiger partial charge is 0.573 e. The number of carbonyl (C=O) groups excluding carboxylic acids is 1. The number of hydrogen-bond acceptors (Lipinski definition) is 5. The average molecular weight is 556 g/mol. The lowest BCUT2D eigenvalue weighted by Gasteiger charge is -2.32. The van der Waals surface area contributed by atoms with Crippen LogP contribution >= 0.6 is 15.9 Å². The van der Waals surface area contributed by atoms with Gasteiger partial charge in [-0.1, -0.05) is 58.4 Å². The highest BCUT2D eigenvalue weighted by atomic mass is 79.9. The van der Waals surface area contributed by atoms with Gasteiger partial charge in [-0.15, -0.1) is 13.2 Å². The molecule has 1 aliphatic heterocycles. The Kier molecular flexibility index (Phi) is 8.23. The van der Waals surface area contributed by atoms with Crippen molar-refractivity contribution in [1.82, 2.24) is 5.32 Å². The highest BCUT2D eigenvalue weighted by molar-refractivity contribution is 9.10. The van der Waals surface area contributed by atoms with Crippen LogP contribution in [0.25, 0.3) is 6.08 Å². The lowest BCUT2D eigenvalue weighted by atomic mass is 9.77. The molecule has 1 saturated heterocycles. The van der Waals surface area contributed by atoms with Crippen molar-refractivity contribution in [2.75, 3.05) is 6.54 Å². The van der Waals surface area contributed by atoms with Gasteiger partial charge in [-0.3, -0.25) is 0 Å². The molecule has 1 heterocycles. The van der Waals surface area contributed by atoms with E-state index in [2.05, 4.69) is 26.0 Å². The summed E-state index contributed by atoms with van der Waals surface area (Å²) in [4.78, 5) is 12.3. The van der Waals surface area contributed by atoms with Gasteiger partial charge < -0.3 is 24.1 Å². The van der Waals surface area contributed by atoms with Crippen LogP contribution in [-0.4, -0.2) is 37.3 Å². The number of halogens is 4. The molecule has 188 valence electrons. The molecule has 0 saturated carbocycles. The van der Waals surface area contributed by atoms with Gasteiger partial charge in [0.1, 0.15) is 12.4 Å². The molecule has 0 unspecified atom stereocenters. The molecule has 1 aliphatic rings. The standard InChI is InChI=1S/C24H26BBrF3NO5/c1-22(2)23(3,4)35-25(34-22)18(14-30-21(31)32-15-16-8-6-5-7-9-16)12-17-10-11-19(26)13-20(17)33-24(27,28)29/h5-13H,14-15H2,1-4H3,(H,30,31). The van der Waals surface area contributed by atoms with Crippen molar-refractivity contribution in [3.05, 3.63) is 69.6 Å². The van der Waals surface area contributed by atoms with Crippen molar-refractivity contribution in [3.8, 4) is 5.75 Å². The molecule has 0 aliphatic carbocycles. The quantitative estimate of drug-likeness (QED) is 0.407. The van der Waals surface area contributed by atoms with Gasteiger partial charge in [0.25, 0.3) is 0 Å². The Hall–Kier alpha value is -2.50. The molecule has 1 amide bonds. The van der Waals surface area contributed by atoms with Crippen LogP contribution < -0.4 is 10.1 Å². The molecule has 0 bridgehead atoms. The molecule has 6 nitrogen and oxygen atoms in total. The molecule has 2 aromatic rings. The van der Waals surface area contributed by atoms with Gasteiger partial charge in [-0.05, 0) is 50.9 Å². The fourth-order valence-electron chi connectivity index (χ4n) is 3.19. The zero-order valence-electron chi connectivity index (χ0n) is 19.7. The third-order valence-corrected chi connectivity index (χ3v) is 6.24. The molecular formula is C24H26BBrF3NO5. The highest BCUT2D eigenvalue weighted by Crippen LogP contribution is 2.39. The molecule has 1 N–H and O–H groups in total. The Balaban J connectivity index is 1.84. The van der Waals surface area contributed by atoms with Crippen molar-refractivity contribution < 1.29 is 36.7 Å². The van der Waals surface area contributed by atoms with Crippen LogP contribution in [0.4, 0.5) is 18.0 Å². The molecular weight excluding hydrogens is 530 g/mol. The summed E-state index contributed by atoms with van der Waals surface area (Å²) in [6, 6.07) is 13.4. The number of benzene rings is 2. The lowest BCUT2D eigenvalue weighted by molar-refractivity contribution is -0.274. The van der Waals surface area contributed by atoms with Crippen LogP contribution in [0.1, 0.15) is 38.8 Å². The smallest absolute Gasteiger partial charge is 0.445 e. The van der Waals surface area contributed by atoms with Gasteiger partial charge in [0.15, 0.2) is 0 Å². The van der Waals surface area contributed by atoms with E-state index in [1.54, 1.807) is 6.07 Å². The van der Waals surface area contributed by atoms with Crippen LogP contribution in [0.15, 0.2) is 58.5 Å². The van der Waals surface area contributed by atoms with Gasteiger partial charge in [-0.25, -0.2) is 4.79 Å². The third-order valence-electron chi connectivity index (χ3n) is 5.75. The average Bonchev–Trinajstić information content (AvgIpc) is 2.97. The topological polar surface area (TPSA) is 66.0 Å². The highest BCUT2D eigenvalue weighted by Gasteiger charge is 2.52. The molecule has 0 radical (unpaired) electrons. The fourth-order valence-corrected chi connectivity index (χ4v) is 3.53. The van der Waals surface area contributed by atoms with Crippen molar-refractivity contribution in [3.63, 3.8) is 0 Å². The number of amides is 1. The molecule has 11 heteroatoms. The minimum Gasteiger partial charge on any atom is -0.445 e. The Labute approximate surface area is 211 Å². The van der Waals surface area contributed by atoms with E-state index in [0.717, 1.165) is 5.56 Å². The van der Waals surface area contributed by atoms with Crippen molar-refractivity contribution in [2.45, 2.75) is 51.9 Å². The summed E-state index contributed by atoms with van der Waals surface area (Å²) in [7, 11) is -0.920. The Morgan fingerprint density at radius 3 is 2.31 bits per heavy atom. The number of alkyl halides is 3. The van der Waals surface area contributed by atoms with Gasteiger partial charge in [0, 0.05) is 16.6 Å². The second-order valence-electron chi connectivity index (χ2n) is 8.95. The van der Waals surface area contributed by atoms with Gasteiger partial charge in [0.2, 0.25) is 0 Å². The molecule has 0 spiro atoms. The fraction of sp³-hybridized carbons (Fsp3) is 0.375. The number of alkyl carbamates (subject to hydrolysis) is 1. The SMILES string of the molecule is CC1(C)OB(C(=Cc2ccc(Br)cc2OC(F)(F)F)CNC(=O)OCc2ccccc2)OC1(C)C. The molecule has 35 heavy (non-hydrogen) atoms. The van der Waals surface area contributed by atoms with Crippen LogP contribution in [0.2, 0.25) is 0 Å². The van der Waals surface area contributed by atoms with E-state index < -0.39 is 36.5 Å². The summed E-state index contributed by atoms with van der Waals surface area (Å²) >= 11 is 3.16. The van der Waals surface area contributed by atoms with E-state index in [0.29, 0.717) is 9.95 Å². The number of nitrogens with one attached hydrogen (secondary N) is 1. The Bertz CT molecular complexity index is 1060. The van der Waals surface area contributed by atoms with Crippen molar-refractivity contribution in [2.24, 2.45) is 0 Å². The molecule has 1 fully saturated rings. The van der Waals surface area contributed by atoms with E-state index in [9.17, 15) is 18.0 Å². The first-order valence-corrected chi connectivity index (χ1v) is 11.6. The van der Waals surface area contributed by atoms with E-state index in [1.807, 2.05) is 58.0 Å². The molecule has 3 rings (SSSR count). The number of ether oxygens (including phenoxy) is 2. The van der Waals surface area contributed by atoms with Gasteiger partial charge in [-0.2, -0.15) is 0 Å². The monoisotopic (exact) mass is 555 g/mol. The predicted octanol–water partition coefficient (Wildman–Crippen LogP) is 6.29.